The highest BCUT2D eigenvalue weighted by Gasteiger charge is 2.18. The number of benzene rings is 1. The molecule has 7 nitrogen and oxygen atoms in total. The van der Waals surface area contributed by atoms with Crippen molar-refractivity contribution in [1.82, 2.24) is 10.0 Å². The average molecular weight is 425 g/mol. The van der Waals surface area contributed by atoms with Gasteiger partial charge in [-0.2, -0.15) is 0 Å². The van der Waals surface area contributed by atoms with Crippen molar-refractivity contribution in [3.63, 3.8) is 0 Å². The molecule has 0 bridgehead atoms. The fourth-order valence-electron chi connectivity index (χ4n) is 2.76. The molecule has 3 rings (SSSR count). The Hall–Kier alpha value is -2.10. The second-order valence-electron chi connectivity index (χ2n) is 6.37. The molecule has 1 aliphatic rings. The Morgan fingerprint density at radius 2 is 1.89 bits per heavy atom. The van der Waals surface area contributed by atoms with Crippen LogP contribution in [0.5, 0.6) is 11.5 Å². The zero-order valence-corrected chi connectivity index (χ0v) is 17.1. The Morgan fingerprint density at radius 3 is 2.68 bits per heavy atom. The molecule has 2 N–H and O–H groups in total. The molecule has 0 spiro atoms. The summed E-state index contributed by atoms with van der Waals surface area (Å²) in [4.78, 5) is 13.1. The minimum Gasteiger partial charge on any atom is -0.486 e. The first-order chi connectivity index (χ1) is 13.5. The number of thiophene rings is 1. The number of rotatable bonds is 10. The van der Waals surface area contributed by atoms with Crippen LogP contribution >= 0.6 is 11.3 Å². The van der Waals surface area contributed by atoms with Crippen molar-refractivity contribution in [2.24, 2.45) is 0 Å². The molecule has 1 aromatic carbocycles. The molecule has 2 aromatic rings. The Morgan fingerprint density at radius 1 is 1.07 bits per heavy atom. The predicted octanol–water partition coefficient (Wildman–Crippen LogP) is 2.67. The molecule has 0 saturated carbocycles. The Balaban J connectivity index is 1.33. The van der Waals surface area contributed by atoms with Crippen LogP contribution in [0.2, 0.25) is 0 Å². The zero-order chi connectivity index (χ0) is 19.8. The van der Waals surface area contributed by atoms with Crippen LogP contribution in [0, 0.1) is 0 Å². The number of carbonyl (C=O) groups excluding carboxylic acids is 1. The van der Waals surface area contributed by atoms with Gasteiger partial charge in [0.1, 0.15) is 13.2 Å². The Kier molecular flexibility index (Phi) is 7.30. The third-order valence-electron chi connectivity index (χ3n) is 4.24. The summed E-state index contributed by atoms with van der Waals surface area (Å²) < 4.78 is 38.2. The molecule has 1 amide bonds. The molecule has 1 aliphatic heterocycles. The SMILES string of the molecule is O=C(CCCCCNS(=O)(=O)c1ccc2c(c1)OCCO2)NCc1cccs1. The van der Waals surface area contributed by atoms with Gasteiger partial charge in [0.25, 0.3) is 0 Å². The fourth-order valence-corrected chi connectivity index (χ4v) is 4.49. The van der Waals surface area contributed by atoms with Gasteiger partial charge in [0.15, 0.2) is 11.5 Å². The summed E-state index contributed by atoms with van der Waals surface area (Å²) in [5.74, 6) is 1.02. The average Bonchev–Trinajstić information content (AvgIpc) is 3.22. The molecule has 0 radical (unpaired) electrons. The molecular weight excluding hydrogens is 400 g/mol. The van der Waals surface area contributed by atoms with Crippen LogP contribution < -0.4 is 19.5 Å². The summed E-state index contributed by atoms with van der Waals surface area (Å²) in [5, 5.41) is 4.86. The van der Waals surface area contributed by atoms with Crippen molar-refractivity contribution in [2.45, 2.75) is 37.1 Å². The highest BCUT2D eigenvalue weighted by molar-refractivity contribution is 7.89. The van der Waals surface area contributed by atoms with Gasteiger partial charge in [-0.05, 0) is 36.4 Å². The van der Waals surface area contributed by atoms with Crippen LogP contribution in [0.1, 0.15) is 30.6 Å². The van der Waals surface area contributed by atoms with Crippen LogP contribution in [0.3, 0.4) is 0 Å². The number of hydrogen-bond donors (Lipinski definition) is 2. The first-order valence-corrected chi connectivity index (χ1v) is 11.6. The van der Waals surface area contributed by atoms with Crippen molar-refractivity contribution < 1.29 is 22.7 Å². The van der Waals surface area contributed by atoms with E-state index in [0.29, 0.717) is 50.6 Å². The van der Waals surface area contributed by atoms with Crippen molar-refractivity contribution in [3.05, 3.63) is 40.6 Å². The lowest BCUT2D eigenvalue weighted by Crippen LogP contribution is -2.25. The molecule has 1 aromatic heterocycles. The van der Waals surface area contributed by atoms with Crippen molar-refractivity contribution in [3.8, 4) is 11.5 Å². The van der Waals surface area contributed by atoms with E-state index >= 15 is 0 Å². The summed E-state index contributed by atoms with van der Waals surface area (Å²) in [5.41, 5.74) is 0. The number of hydrogen-bond acceptors (Lipinski definition) is 6. The quantitative estimate of drug-likeness (QED) is 0.572. The van der Waals surface area contributed by atoms with Crippen LogP contribution in [-0.2, 0) is 21.4 Å². The van der Waals surface area contributed by atoms with Crippen molar-refractivity contribution in [1.29, 1.82) is 0 Å². The van der Waals surface area contributed by atoms with Gasteiger partial charge >= 0.3 is 0 Å². The second-order valence-corrected chi connectivity index (χ2v) is 9.17. The molecular formula is C19H24N2O5S2. The standard InChI is InChI=1S/C19H24N2O5S2/c22-19(20-14-15-5-4-12-27-15)6-2-1-3-9-21-28(23,24)16-7-8-17-18(13-16)26-11-10-25-17/h4-5,7-8,12-13,21H,1-3,6,9-11,14H2,(H,20,22). The molecule has 28 heavy (non-hydrogen) atoms. The topological polar surface area (TPSA) is 93.7 Å². The van der Waals surface area contributed by atoms with Crippen LogP contribution in [0.15, 0.2) is 40.6 Å². The summed E-state index contributed by atoms with van der Waals surface area (Å²) in [6, 6.07) is 8.54. The second kappa shape index (κ2) is 9.90. The van der Waals surface area contributed by atoms with Gasteiger partial charge in [-0.25, -0.2) is 13.1 Å². The number of sulfonamides is 1. The molecule has 2 heterocycles. The number of unbranched alkanes of at least 4 members (excludes halogenated alkanes) is 2. The Bertz CT molecular complexity index is 882. The highest BCUT2D eigenvalue weighted by atomic mass is 32.2. The molecule has 0 saturated heterocycles. The zero-order valence-electron chi connectivity index (χ0n) is 15.5. The normalized spacial score (nSPS) is 13.3. The van der Waals surface area contributed by atoms with E-state index in [0.717, 1.165) is 17.7 Å². The van der Waals surface area contributed by atoms with Gasteiger partial charge in [-0.15, -0.1) is 11.3 Å². The summed E-state index contributed by atoms with van der Waals surface area (Å²) in [6.45, 7) is 1.76. The van der Waals surface area contributed by atoms with Crippen LogP contribution in [-0.4, -0.2) is 34.1 Å². The maximum absolute atomic E-state index is 12.4. The first kappa shape index (κ1) is 20.6. The van der Waals surface area contributed by atoms with Crippen molar-refractivity contribution >= 4 is 27.3 Å². The number of carbonyl (C=O) groups is 1. The smallest absolute Gasteiger partial charge is 0.240 e. The minimum absolute atomic E-state index is 0.0188. The van der Waals surface area contributed by atoms with Crippen molar-refractivity contribution in [2.75, 3.05) is 19.8 Å². The van der Waals surface area contributed by atoms with Gasteiger partial charge in [0.2, 0.25) is 15.9 Å². The number of nitrogens with one attached hydrogen (secondary N) is 2. The van der Waals surface area contributed by atoms with E-state index in [1.165, 1.54) is 12.1 Å². The third-order valence-corrected chi connectivity index (χ3v) is 6.57. The summed E-state index contributed by atoms with van der Waals surface area (Å²) in [6.07, 6.45) is 2.61. The van der Waals surface area contributed by atoms with Gasteiger partial charge in [-0.1, -0.05) is 12.5 Å². The molecule has 0 aliphatic carbocycles. The summed E-state index contributed by atoms with van der Waals surface area (Å²) in [7, 11) is -3.59. The Labute approximate surface area is 169 Å². The maximum atomic E-state index is 12.4. The van der Waals surface area contributed by atoms with E-state index in [1.54, 1.807) is 17.4 Å². The lowest BCUT2D eigenvalue weighted by molar-refractivity contribution is -0.121. The third kappa shape index (κ3) is 5.95. The van der Waals surface area contributed by atoms with E-state index < -0.39 is 10.0 Å². The fraction of sp³-hybridized carbons (Fsp3) is 0.421. The van der Waals surface area contributed by atoms with E-state index in [1.807, 2.05) is 17.5 Å². The number of ether oxygens (including phenoxy) is 2. The molecule has 0 unspecified atom stereocenters. The first-order valence-electron chi connectivity index (χ1n) is 9.23. The highest BCUT2D eigenvalue weighted by Crippen LogP contribution is 2.32. The lowest BCUT2D eigenvalue weighted by atomic mass is 10.2. The van der Waals surface area contributed by atoms with E-state index in [9.17, 15) is 13.2 Å². The van der Waals surface area contributed by atoms with Crippen LogP contribution in [0.4, 0.5) is 0 Å². The molecule has 152 valence electrons. The largest absolute Gasteiger partial charge is 0.486 e. The van der Waals surface area contributed by atoms with E-state index in [-0.39, 0.29) is 10.8 Å². The summed E-state index contributed by atoms with van der Waals surface area (Å²) >= 11 is 1.61. The maximum Gasteiger partial charge on any atom is 0.240 e. The van der Waals surface area contributed by atoms with Gasteiger partial charge in [0.05, 0.1) is 11.4 Å². The minimum atomic E-state index is -3.59. The van der Waals surface area contributed by atoms with E-state index in [2.05, 4.69) is 10.0 Å². The van der Waals surface area contributed by atoms with Gasteiger partial charge in [0, 0.05) is 23.9 Å². The predicted molar refractivity (Wildman–Crippen MR) is 107 cm³/mol. The molecule has 0 fully saturated rings. The van der Waals surface area contributed by atoms with Crippen LogP contribution in [0.25, 0.3) is 0 Å². The number of amides is 1. The molecule has 0 atom stereocenters. The monoisotopic (exact) mass is 424 g/mol. The molecule has 9 heteroatoms. The number of fused-ring (bicyclic) bond motifs is 1. The van der Waals surface area contributed by atoms with E-state index in [4.69, 9.17) is 9.47 Å². The van der Waals surface area contributed by atoms with Gasteiger partial charge < -0.3 is 14.8 Å². The lowest BCUT2D eigenvalue weighted by Gasteiger charge is -2.18. The van der Waals surface area contributed by atoms with Gasteiger partial charge in [-0.3, -0.25) is 4.79 Å².